The zero-order valence-corrected chi connectivity index (χ0v) is 12.3. The van der Waals surface area contributed by atoms with Gasteiger partial charge in [0.25, 0.3) is 0 Å². The van der Waals surface area contributed by atoms with Crippen LogP contribution in [0.3, 0.4) is 0 Å². The molecule has 0 heterocycles. The number of nitrogens with one attached hydrogen (secondary N) is 1. The maximum absolute atomic E-state index is 11.8. The van der Waals surface area contributed by atoms with E-state index in [0.717, 1.165) is 32.3 Å². The molecule has 0 aromatic heterocycles. The molecular weight excluding hydrogens is 252 g/mol. The SMILES string of the molecule is COCCCCCNC(=O)[C@@H](N)CCc1ccccc1. The number of amides is 1. The van der Waals surface area contributed by atoms with Gasteiger partial charge in [-0.2, -0.15) is 0 Å². The van der Waals surface area contributed by atoms with Gasteiger partial charge in [-0.1, -0.05) is 30.3 Å². The highest BCUT2D eigenvalue weighted by Gasteiger charge is 2.12. The van der Waals surface area contributed by atoms with Crippen molar-refractivity contribution in [1.82, 2.24) is 5.32 Å². The summed E-state index contributed by atoms with van der Waals surface area (Å²) in [5.74, 6) is -0.0485. The summed E-state index contributed by atoms with van der Waals surface area (Å²) < 4.78 is 4.97. The fourth-order valence-corrected chi connectivity index (χ4v) is 1.99. The number of unbranched alkanes of at least 4 members (excludes halogenated alkanes) is 2. The summed E-state index contributed by atoms with van der Waals surface area (Å²) >= 11 is 0. The van der Waals surface area contributed by atoms with Crippen LogP contribution in [0.15, 0.2) is 30.3 Å². The number of hydrogen-bond acceptors (Lipinski definition) is 3. The molecule has 3 N–H and O–H groups in total. The van der Waals surface area contributed by atoms with E-state index in [9.17, 15) is 4.79 Å². The third-order valence-electron chi connectivity index (χ3n) is 3.25. The minimum Gasteiger partial charge on any atom is -0.385 e. The topological polar surface area (TPSA) is 64.3 Å². The molecule has 0 aliphatic carbocycles. The molecule has 1 aromatic carbocycles. The highest BCUT2D eigenvalue weighted by Crippen LogP contribution is 2.04. The molecule has 0 aliphatic rings. The van der Waals surface area contributed by atoms with E-state index >= 15 is 0 Å². The summed E-state index contributed by atoms with van der Waals surface area (Å²) in [5, 5.41) is 2.89. The molecule has 1 aromatic rings. The van der Waals surface area contributed by atoms with Crippen LogP contribution in [0.4, 0.5) is 0 Å². The van der Waals surface area contributed by atoms with Crippen LogP contribution in [0.5, 0.6) is 0 Å². The van der Waals surface area contributed by atoms with Gasteiger partial charge in [-0.15, -0.1) is 0 Å². The molecule has 1 atom stereocenters. The average molecular weight is 278 g/mol. The molecule has 0 fully saturated rings. The number of benzene rings is 1. The molecule has 0 spiro atoms. The maximum Gasteiger partial charge on any atom is 0.236 e. The van der Waals surface area contributed by atoms with E-state index in [1.54, 1.807) is 7.11 Å². The van der Waals surface area contributed by atoms with Gasteiger partial charge in [-0.25, -0.2) is 0 Å². The van der Waals surface area contributed by atoms with Gasteiger partial charge in [0.05, 0.1) is 6.04 Å². The van der Waals surface area contributed by atoms with Crippen molar-refractivity contribution in [3.05, 3.63) is 35.9 Å². The van der Waals surface area contributed by atoms with E-state index < -0.39 is 6.04 Å². The standard InChI is InChI=1S/C16H26N2O2/c1-20-13-7-3-6-12-18-16(19)15(17)11-10-14-8-4-2-5-9-14/h2,4-5,8-9,15H,3,6-7,10-13,17H2,1H3,(H,18,19)/t15-/m0/s1. The largest absolute Gasteiger partial charge is 0.385 e. The van der Waals surface area contributed by atoms with E-state index in [0.29, 0.717) is 13.0 Å². The smallest absolute Gasteiger partial charge is 0.236 e. The number of aryl methyl sites for hydroxylation is 1. The zero-order valence-electron chi connectivity index (χ0n) is 12.3. The van der Waals surface area contributed by atoms with Gasteiger partial charge in [0, 0.05) is 20.3 Å². The van der Waals surface area contributed by atoms with Gasteiger partial charge >= 0.3 is 0 Å². The van der Waals surface area contributed by atoms with Gasteiger partial charge in [0.2, 0.25) is 5.91 Å². The first kappa shape index (κ1) is 16.7. The number of nitrogens with two attached hydrogens (primary N) is 1. The first-order chi connectivity index (χ1) is 9.74. The van der Waals surface area contributed by atoms with Crippen molar-refractivity contribution in [2.45, 2.75) is 38.1 Å². The third kappa shape index (κ3) is 7.26. The molecule has 0 aliphatic heterocycles. The number of carbonyl (C=O) groups excluding carboxylic acids is 1. The minimum atomic E-state index is -0.422. The summed E-state index contributed by atoms with van der Waals surface area (Å²) in [7, 11) is 1.70. The van der Waals surface area contributed by atoms with E-state index in [2.05, 4.69) is 17.4 Å². The van der Waals surface area contributed by atoms with Crippen molar-refractivity contribution in [3.63, 3.8) is 0 Å². The summed E-state index contributed by atoms with van der Waals surface area (Å²) in [6.07, 6.45) is 4.59. The quantitative estimate of drug-likeness (QED) is 0.642. The Morgan fingerprint density at radius 1 is 1.25 bits per heavy atom. The Hall–Kier alpha value is -1.39. The molecule has 0 bridgehead atoms. The number of ether oxygens (including phenoxy) is 1. The van der Waals surface area contributed by atoms with Crippen molar-refractivity contribution >= 4 is 5.91 Å². The van der Waals surface area contributed by atoms with Crippen molar-refractivity contribution < 1.29 is 9.53 Å². The molecule has 112 valence electrons. The van der Waals surface area contributed by atoms with Crippen LogP contribution in [0.1, 0.15) is 31.2 Å². The Morgan fingerprint density at radius 2 is 2.00 bits per heavy atom. The second-order valence-corrected chi connectivity index (χ2v) is 4.98. The lowest BCUT2D eigenvalue weighted by Crippen LogP contribution is -2.41. The van der Waals surface area contributed by atoms with Crippen LogP contribution in [-0.2, 0) is 16.0 Å². The van der Waals surface area contributed by atoms with Crippen molar-refractivity contribution in [2.75, 3.05) is 20.3 Å². The van der Waals surface area contributed by atoms with Crippen LogP contribution >= 0.6 is 0 Å². The van der Waals surface area contributed by atoms with Crippen LogP contribution in [0.2, 0.25) is 0 Å². The van der Waals surface area contributed by atoms with Gasteiger partial charge in [0.1, 0.15) is 0 Å². The summed E-state index contributed by atoms with van der Waals surface area (Å²) in [6, 6.07) is 9.68. The molecule has 0 unspecified atom stereocenters. The van der Waals surface area contributed by atoms with E-state index in [4.69, 9.17) is 10.5 Å². The summed E-state index contributed by atoms with van der Waals surface area (Å²) in [6.45, 7) is 1.48. The molecule has 4 heteroatoms. The second-order valence-electron chi connectivity index (χ2n) is 4.98. The molecule has 1 amide bonds. The Kier molecular flexibility index (Phi) is 8.67. The fraction of sp³-hybridized carbons (Fsp3) is 0.562. The van der Waals surface area contributed by atoms with Crippen LogP contribution < -0.4 is 11.1 Å². The third-order valence-corrected chi connectivity index (χ3v) is 3.25. The van der Waals surface area contributed by atoms with Gasteiger partial charge in [-0.05, 0) is 37.7 Å². The van der Waals surface area contributed by atoms with Gasteiger partial charge in [-0.3, -0.25) is 4.79 Å². The first-order valence-electron chi connectivity index (χ1n) is 7.30. The Morgan fingerprint density at radius 3 is 2.70 bits per heavy atom. The molecule has 0 saturated carbocycles. The van der Waals surface area contributed by atoms with Crippen LogP contribution in [0.25, 0.3) is 0 Å². The van der Waals surface area contributed by atoms with Crippen molar-refractivity contribution in [2.24, 2.45) is 5.73 Å². The Labute approximate surface area is 121 Å². The minimum absolute atomic E-state index is 0.0485. The highest BCUT2D eigenvalue weighted by atomic mass is 16.5. The molecule has 0 radical (unpaired) electrons. The van der Waals surface area contributed by atoms with Crippen LogP contribution in [0, 0.1) is 0 Å². The molecule has 4 nitrogen and oxygen atoms in total. The number of carbonyl (C=O) groups is 1. The number of hydrogen-bond donors (Lipinski definition) is 2. The fourth-order valence-electron chi connectivity index (χ4n) is 1.99. The average Bonchev–Trinajstić information content (AvgIpc) is 2.49. The van der Waals surface area contributed by atoms with Crippen molar-refractivity contribution in [1.29, 1.82) is 0 Å². The molecule has 1 rings (SSSR count). The second kappa shape index (κ2) is 10.4. The molecule has 0 saturated heterocycles. The lowest BCUT2D eigenvalue weighted by Gasteiger charge is -2.12. The van der Waals surface area contributed by atoms with E-state index in [-0.39, 0.29) is 5.91 Å². The van der Waals surface area contributed by atoms with Crippen LogP contribution in [-0.4, -0.2) is 32.2 Å². The predicted molar refractivity (Wildman–Crippen MR) is 81.5 cm³/mol. The lowest BCUT2D eigenvalue weighted by atomic mass is 10.1. The summed E-state index contributed by atoms with van der Waals surface area (Å²) in [4.78, 5) is 11.8. The number of rotatable bonds is 10. The maximum atomic E-state index is 11.8. The van der Waals surface area contributed by atoms with E-state index in [1.807, 2.05) is 18.2 Å². The van der Waals surface area contributed by atoms with Gasteiger partial charge < -0.3 is 15.8 Å². The Balaban J connectivity index is 2.10. The normalized spacial score (nSPS) is 12.1. The molecular formula is C16H26N2O2. The number of methoxy groups -OCH3 is 1. The van der Waals surface area contributed by atoms with E-state index in [1.165, 1.54) is 5.56 Å². The first-order valence-corrected chi connectivity index (χ1v) is 7.30. The highest BCUT2D eigenvalue weighted by molar-refractivity contribution is 5.81. The summed E-state index contributed by atoms with van der Waals surface area (Å²) in [5.41, 5.74) is 7.11. The zero-order chi connectivity index (χ0) is 14.6. The predicted octanol–water partition coefficient (Wildman–Crippen LogP) is 1.88. The molecule has 20 heavy (non-hydrogen) atoms. The Bertz CT molecular complexity index is 368. The monoisotopic (exact) mass is 278 g/mol. The van der Waals surface area contributed by atoms with Gasteiger partial charge in [0.15, 0.2) is 0 Å². The lowest BCUT2D eigenvalue weighted by molar-refractivity contribution is -0.122. The van der Waals surface area contributed by atoms with Crippen molar-refractivity contribution in [3.8, 4) is 0 Å².